The van der Waals surface area contributed by atoms with Crippen molar-refractivity contribution in [2.45, 2.75) is 141 Å². The molecule has 1 aliphatic heterocycles. The number of nitrogens with one attached hydrogen (secondary N) is 1. The molecule has 0 bridgehead atoms. The Kier molecular flexibility index (Phi) is 10.0. The number of H-pyrrole nitrogens is 1. The molecule has 0 aliphatic carbocycles. The molecule has 1 fully saturated rings. The van der Waals surface area contributed by atoms with Gasteiger partial charge in [-0.25, -0.2) is 4.79 Å². The van der Waals surface area contributed by atoms with Gasteiger partial charge in [-0.1, -0.05) is 62.3 Å². The number of aromatic amines is 1. The van der Waals surface area contributed by atoms with Crippen molar-refractivity contribution >= 4 is 25.0 Å². The standard InChI is InChI=1S/C28H56N2O7Si3/c1-25(2,3)38(10,11)34-19-28(18-31)22(37-40(14,15)27(7,8)9)21(36-39(12,13)26(4,5)6)23(35-28)30-17-16-20(32)29-24(30)33/h16-17,21-23,31H,18-19H2,1-15H3,(H,29,32,33)/t21-,22-,23-,28-/m1/s1. The molecular weight excluding hydrogens is 561 g/mol. The monoisotopic (exact) mass is 616 g/mol. The number of hydrogen-bond acceptors (Lipinski definition) is 7. The van der Waals surface area contributed by atoms with E-state index in [-0.39, 0.29) is 28.3 Å². The molecule has 1 aromatic heterocycles. The first-order chi connectivity index (χ1) is 17.7. The lowest BCUT2D eigenvalue weighted by Crippen LogP contribution is -2.60. The fourth-order valence-corrected chi connectivity index (χ4v) is 7.43. The highest BCUT2D eigenvalue weighted by atomic mass is 28.4. The second-order valence-electron chi connectivity index (χ2n) is 15.9. The molecule has 0 radical (unpaired) electrons. The summed E-state index contributed by atoms with van der Waals surface area (Å²) in [6.07, 6.45) is -0.961. The third-order valence-electron chi connectivity index (χ3n) is 9.79. The van der Waals surface area contributed by atoms with E-state index in [4.69, 9.17) is 18.0 Å². The minimum absolute atomic E-state index is 0.0651. The molecule has 0 unspecified atom stereocenters. The molecule has 0 aromatic carbocycles. The fourth-order valence-electron chi connectivity index (χ4n) is 3.78. The lowest BCUT2D eigenvalue weighted by Gasteiger charge is -2.46. The summed E-state index contributed by atoms with van der Waals surface area (Å²) >= 11 is 0. The lowest BCUT2D eigenvalue weighted by molar-refractivity contribution is -0.145. The van der Waals surface area contributed by atoms with Crippen molar-refractivity contribution in [1.82, 2.24) is 9.55 Å². The summed E-state index contributed by atoms with van der Waals surface area (Å²) in [6, 6.07) is 1.29. The number of rotatable bonds is 9. The molecule has 0 spiro atoms. The van der Waals surface area contributed by atoms with Gasteiger partial charge in [0, 0.05) is 12.3 Å². The van der Waals surface area contributed by atoms with Crippen LogP contribution in [0.4, 0.5) is 0 Å². The van der Waals surface area contributed by atoms with Gasteiger partial charge in [0.1, 0.15) is 17.8 Å². The Morgan fingerprint density at radius 1 is 0.875 bits per heavy atom. The molecule has 9 nitrogen and oxygen atoms in total. The van der Waals surface area contributed by atoms with Crippen molar-refractivity contribution in [2.75, 3.05) is 13.2 Å². The average molecular weight is 617 g/mol. The average Bonchev–Trinajstić information content (AvgIpc) is 3.02. The van der Waals surface area contributed by atoms with Gasteiger partial charge >= 0.3 is 5.69 Å². The summed E-state index contributed by atoms with van der Waals surface area (Å²) in [5.41, 5.74) is -2.39. The van der Waals surface area contributed by atoms with Gasteiger partial charge in [-0.05, 0) is 54.4 Å². The van der Waals surface area contributed by atoms with E-state index in [0.29, 0.717) is 0 Å². The smallest absolute Gasteiger partial charge is 0.330 e. The van der Waals surface area contributed by atoms with Gasteiger partial charge < -0.3 is 23.1 Å². The van der Waals surface area contributed by atoms with Gasteiger partial charge in [0.15, 0.2) is 31.2 Å². The van der Waals surface area contributed by atoms with Crippen molar-refractivity contribution in [3.05, 3.63) is 33.1 Å². The Morgan fingerprint density at radius 3 is 1.77 bits per heavy atom. The van der Waals surface area contributed by atoms with E-state index in [9.17, 15) is 14.7 Å². The minimum Gasteiger partial charge on any atom is -0.414 e. The Bertz CT molecular complexity index is 1140. The minimum atomic E-state index is -2.45. The molecule has 1 aromatic rings. The zero-order valence-corrected chi connectivity index (χ0v) is 30.6. The topological polar surface area (TPSA) is 112 Å². The van der Waals surface area contributed by atoms with Crippen molar-refractivity contribution in [3.8, 4) is 0 Å². The van der Waals surface area contributed by atoms with Crippen LogP contribution in [0.5, 0.6) is 0 Å². The summed E-state index contributed by atoms with van der Waals surface area (Å²) < 4.78 is 28.9. The number of nitrogens with zero attached hydrogens (tertiary/aromatic N) is 1. The van der Waals surface area contributed by atoms with Gasteiger partial charge in [0.05, 0.1) is 13.2 Å². The molecule has 2 heterocycles. The Balaban J connectivity index is 2.81. The number of aromatic nitrogens is 2. The van der Waals surface area contributed by atoms with Crippen LogP contribution in [0.15, 0.2) is 21.9 Å². The SMILES string of the molecule is CC(C)(C)[Si](C)(C)OC[C@@]1(CO)O[C@@H](n2ccc(=O)[nH]c2=O)[C@H](O[Si](C)(C)C(C)(C)C)[C@H]1O[Si](C)(C)C(C)(C)C. The predicted octanol–water partition coefficient (Wildman–Crippen LogP) is 5.60. The van der Waals surface area contributed by atoms with Crippen LogP contribution in [0.25, 0.3) is 0 Å². The van der Waals surface area contributed by atoms with Crippen LogP contribution >= 0.6 is 0 Å². The van der Waals surface area contributed by atoms with Crippen LogP contribution in [0, 0.1) is 0 Å². The second-order valence-corrected chi connectivity index (χ2v) is 30.3. The van der Waals surface area contributed by atoms with E-state index in [2.05, 4.69) is 107 Å². The highest BCUT2D eigenvalue weighted by Crippen LogP contribution is 2.49. The zero-order chi connectivity index (χ0) is 31.3. The Hall–Kier alpha value is -0.869. The van der Waals surface area contributed by atoms with Crippen LogP contribution in [-0.4, -0.2) is 70.6 Å². The molecule has 40 heavy (non-hydrogen) atoms. The molecule has 0 saturated carbocycles. The van der Waals surface area contributed by atoms with Crippen LogP contribution in [-0.2, 0) is 18.0 Å². The Labute approximate surface area is 244 Å². The third kappa shape index (κ3) is 7.19. The van der Waals surface area contributed by atoms with E-state index >= 15 is 0 Å². The largest absolute Gasteiger partial charge is 0.414 e. The van der Waals surface area contributed by atoms with Gasteiger partial charge in [-0.2, -0.15) is 0 Å². The first-order valence-electron chi connectivity index (χ1n) is 14.3. The quantitative estimate of drug-likeness (QED) is 0.348. The molecule has 4 atom stereocenters. The number of ether oxygens (including phenoxy) is 1. The van der Waals surface area contributed by atoms with Crippen molar-refractivity contribution < 1.29 is 23.1 Å². The lowest BCUT2D eigenvalue weighted by atomic mass is 9.97. The zero-order valence-electron chi connectivity index (χ0n) is 27.6. The van der Waals surface area contributed by atoms with Crippen molar-refractivity contribution in [2.24, 2.45) is 0 Å². The van der Waals surface area contributed by atoms with Crippen LogP contribution in [0.3, 0.4) is 0 Å². The second kappa shape index (κ2) is 11.3. The number of hydrogen-bond donors (Lipinski definition) is 2. The predicted molar refractivity (Wildman–Crippen MR) is 169 cm³/mol. The molecule has 2 N–H and O–H groups in total. The summed E-state index contributed by atoms with van der Waals surface area (Å²) in [7, 11) is -7.16. The maximum Gasteiger partial charge on any atom is 0.330 e. The van der Waals surface area contributed by atoms with Gasteiger partial charge in [-0.15, -0.1) is 0 Å². The molecule has 0 amide bonds. The first kappa shape index (κ1) is 35.3. The van der Waals surface area contributed by atoms with E-state index in [1.54, 1.807) is 0 Å². The normalized spacial score (nSPS) is 25.4. The molecular formula is C28H56N2O7Si3. The van der Waals surface area contributed by atoms with E-state index < -0.39 is 60.2 Å². The highest BCUT2D eigenvalue weighted by Gasteiger charge is 2.62. The van der Waals surface area contributed by atoms with Crippen molar-refractivity contribution in [3.63, 3.8) is 0 Å². The van der Waals surface area contributed by atoms with E-state index in [1.807, 2.05) is 0 Å². The summed E-state index contributed by atoms with van der Waals surface area (Å²) in [5, 5.41) is 10.8. The third-order valence-corrected chi connectivity index (χ3v) is 23.2. The van der Waals surface area contributed by atoms with Crippen LogP contribution in [0.2, 0.25) is 54.4 Å². The van der Waals surface area contributed by atoms with Gasteiger partial charge in [-0.3, -0.25) is 14.3 Å². The van der Waals surface area contributed by atoms with E-state index in [1.165, 1.54) is 16.8 Å². The molecule has 1 saturated heterocycles. The molecule has 2 rings (SSSR count). The summed E-state index contributed by atoms with van der Waals surface area (Å²) in [4.78, 5) is 27.4. The molecule has 232 valence electrons. The summed E-state index contributed by atoms with van der Waals surface area (Å²) in [6.45, 7) is 32.1. The van der Waals surface area contributed by atoms with Crippen molar-refractivity contribution in [1.29, 1.82) is 0 Å². The number of aliphatic hydroxyl groups is 1. The number of aliphatic hydroxyl groups excluding tert-OH is 1. The van der Waals surface area contributed by atoms with Crippen LogP contribution < -0.4 is 11.2 Å². The molecule has 1 aliphatic rings. The highest BCUT2D eigenvalue weighted by molar-refractivity contribution is 6.75. The van der Waals surface area contributed by atoms with Gasteiger partial charge in [0.2, 0.25) is 0 Å². The Morgan fingerprint density at radius 2 is 1.35 bits per heavy atom. The first-order valence-corrected chi connectivity index (χ1v) is 23.0. The van der Waals surface area contributed by atoms with Crippen LogP contribution in [0.1, 0.15) is 68.5 Å². The maximum atomic E-state index is 13.1. The fraction of sp³-hybridized carbons (Fsp3) is 0.857. The summed E-state index contributed by atoms with van der Waals surface area (Å²) in [5.74, 6) is 0. The molecule has 12 heteroatoms. The van der Waals surface area contributed by atoms with Gasteiger partial charge in [0.25, 0.3) is 5.56 Å². The van der Waals surface area contributed by atoms with E-state index in [0.717, 1.165) is 0 Å². The maximum absolute atomic E-state index is 13.1.